The summed E-state index contributed by atoms with van der Waals surface area (Å²) in [5.74, 6) is 0.471. The third-order valence-corrected chi connectivity index (χ3v) is 3.59. The van der Waals surface area contributed by atoms with Gasteiger partial charge in [0.1, 0.15) is 5.75 Å². The van der Waals surface area contributed by atoms with Crippen LogP contribution in [0.3, 0.4) is 0 Å². The molecule has 0 radical (unpaired) electrons. The van der Waals surface area contributed by atoms with Gasteiger partial charge in [0.2, 0.25) is 0 Å². The Hall–Kier alpha value is -3.58. The largest absolute Gasteiger partial charge is 0.497 e. The Labute approximate surface area is 145 Å². The number of carbonyl (C=O) groups excluding carboxylic acids is 1. The van der Waals surface area contributed by atoms with E-state index in [0.717, 1.165) is 27.3 Å². The van der Waals surface area contributed by atoms with Gasteiger partial charge in [-0.3, -0.25) is 4.79 Å². The second-order valence-electron chi connectivity index (χ2n) is 5.26. The van der Waals surface area contributed by atoms with Crippen molar-refractivity contribution in [3.8, 4) is 5.75 Å². The smallest absolute Gasteiger partial charge is 0.264 e. The Bertz CT molecular complexity index is 1030. The first-order chi connectivity index (χ1) is 12.3. The minimum atomic E-state index is -0.303. The van der Waals surface area contributed by atoms with Crippen molar-refractivity contribution in [1.82, 2.24) is 5.43 Å². The number of nitrogens with one attached hydrogen (secondary N) is 1. The first-order valence-corrected chi connectivity index (χ1v) is 7.72. The molecule has 25 heavy (non-hydrogen) atoms. The van der Waals surface area contributed by atoms with Crippen LogP contribution in [-0.4, -0.2) is 19.2 Å². The second kappa shape index (κ2) is 7.80. The van der Waals surface area contributed by atoms with E-state index in [4.69, 9.17) is 4.74 Å². The number of allylic oxidation sites excluding steroid dienone is 1. The number of rotatable bonds is 5. The quantitative estimate of drug-likeness (QED) is 0.394. The fourth-order valence-corrected chi connectivity index (χ4v) is 2.31. The van der Waals surface area contributed by atoms with Gasteiger partial charge in [0.15, 0.2) is 0 Å². The molecule has 0 aromatic heterocycles. The predicted octanol–water partition coefficient (Wildman–Crippen LogP) is 1.77. The highest BCUT2D eigenvalue weighted by Gasteiger charge is 1.97. The molecule has 1 amide bonds. The lowest BCUT2D eigenvalue weighted by Crippen LogP contribution is -2.27. The Balaban J connectivity index is 1.65. The summed E-state index contributed by atoms with van der Waals surface area (Å²) >= 11 is 0. The van der Waals surface area contributed by atoms with Crippen molar-refractivity contribution in [2.75, 3.05) is 7.11 Å². The summed E-state index contributed by atoms with van der Waals surface area (Å²) in [5.41, 5.74) is 10.2. The van der Waals surface area contributed by atoms with Crippen LogP contribution in [0.2, 0.25) is 0 Å². The predicted molar refractivity (Wildman–Crippen MR) is 99.3 cm³/mol. The zero-order valence-electron chi connectivity index (χ0n) is 13.7. The molecule has 0 bridgehead atoms. The highest BCUT2D eigenvalue weighted by molar-refractivity contribution is 6.07. The maximum atomic E-state index is 11.8. The van der Waals surface area contributed by atoms with Gasteiger partial charge in [-0.1, -0.05) is 41.8 Å². The normalized spacial score (nSPS) is 12.3. The molecule has 1 aliphatic rings. The van der Waals surface area contributed by atoms with Crippen molar-refractivity contribution in [1.29, 1.82) is 0 Å². The first kappa shape index (κ1) is 16.3. The lowest BCUT2D eigenvalue weighted by molar-refractivity contribution is -0.116. The minimum Gasteiger partial charge on any atom is -0.497 e. The molecule has 4 heteroatoms. The van der Waals surface area contributed by atoms with E-state index in [0.29, 0.717) is 0 Å². The summed E-state index contributed by atoms with van der Waals surface area (Å²) in [7, 11) is 1.61. The van der Waals surface area contributed by atoms with Crippen LogP contribution in [0.5, 0.6) is 5.75 Å². The molecule has 0 spiro atoms. The van der Waals surface area contributed by atoms with Gasteiger partial charge in [-0.2, -0.15) is 5.10 Å². The number of ether oxygens (including phenoxy) is 1. The van der Waals surface area contributed by atoms with Crippen LogP contribution in [0.25, 0.3) is 17.4 Å². The zero-order valence-corrected chi connectivity index (χ0v) is 13.7. The maximum Gasteiger partial charge on any atom is 0.264 e. The van der Waals surface area contributed by atoms with Gasteiger partial charge in [0, 0.05) is 16.9 Å². The maximum absolute atomic E-state index is 11.8. The van der Waals surface area contributed by atoms with Crippen molar-refractivity contribution in [3.05, 3.63) is 82.4 Å². The van der Waals surface area contributed by atoms with Crippen LogP contribution >= 0.6 is 0 Å². The summed E-state index contributed by atoms with van der Waals surface area (Å²) < 4.78 is 5.09. The fourth-order valence-electron chi connectivity index (χ4n) is 2.31. The van der Waals surface area contributed by atoms with E-state index in [1.54, 1.807) is 25.5 Å². The lowest BCUT2D eigenvalue weighted by atomic mass is 10.1. The molecule has 0 unspecified atom stereocenters. The minimum absolute atomic E-state index is 0.303. The van der Waals surface area contributed by atoms with Gasteiger partial charge < -0.3 is 4.74 Å². The second-order valence-corrected chi connectivity index (χ2v) is 5.26. The molecular formula is C21H16N2O2. The number of nitrogens with zero attached hydrogens (tertiary/aromatic N) is 1. The summed E-state index contributed by atoms with van der Waals surface area (Å²) in [6, 6.07) is 15.2. The fraction of sp³-hybridized carbons (Fsp3) is 0.0476. The molecule has 0 fully saturated rings. The van der Waals surface area contributed by atoms with E-state index in [1.165, 1.54) is 6.08 Å². The Morgan fingerprint density at radius 1 is 1.16 bits per heavy atom. The molecule has 2 aromatic rings. The van der Waals surface area contributed by atoms with Gasteiger partial charge in [-0.25, -0.2) is 5.43 Å². The molecule has 0 aliphatic heterocycles. The number of hydrazone groups is 1. The molecular weight excluding hydrogens is 312 g/mol. The molecule has 2 aromatic carbocycles. The number of hydrogen-bond donors (Lipinski definition) is 1. The Morgan fingerprint density at radius 2 is 1.96 bits per heavy atom. The summed E-state index contributed by atoms with van der Waals surface area (Å²) in [5, 5.41) is 5.96. The molecule has 1 N–H and O–H groups in total. The molecule has 3 rings (SSSR count). The number of hydrogen-bond acceptors (Lipinski definition) is 3. The van der Waals surface area contributed by atoms with Crippen molar-refractivity contribution < 1.29 is 9.53 Å². The van der Waals surface area contributed by atoms with E-state index < -0.39 is 0 Å². The molecule has 4 nitrogen and oxygen atoms in total. The van der Waals surface area contributed by atoms with Crippen molar-refractivity contribution >= 4 is 29.5 Å². The Morgan fingerprint density at radius 3 is 2.76 bits per heavy atom. The van der Waals surface area contributed by atoms with Crippen molar-refractivity contribution in [2.45, 2.75) is 0 Å². The van der Waals surface area contributed by atoms with Gasteiger partial charge >= 0.3 is 0 Å². The summed E-state index contributed by atoms with van der Waals surface area (Å²) in [4.78, 5) is 11.8. The van der Waals surface area contributed by atoms with Crippen LogP contribution in [0.1, 0.15) is 5.56 Å². The average molecular weight is 328 g/mol. The van der Waals surface area contributed by atoms with Crippen molar-refractivity contribution in [2.24, 2.45) is 5.10 Å². The number of carbonyl (C=O) groups is 1. The van der Waals surface area contributed by atoms with E-state index in [9.17, 15) is 4.79 Å². The molecule has 0 atom stereocenters. The SMILES string of the molecule is COc1ccc(/C=C/C(=O)N/N=C\C2=c3ccccc3=C=C=C2)cc1. The number of fused-ring (bicyclic) bond motifs is 1. The summed E-state index contributed by atoms with van der Waals surface area (Å²) in [6.45, 7) is 0. The van der Waals surface area contributed by atoms with Crippen molar-refractivity contribution in [3.63, 3.8) is 0 Å². The van der Waals surface area contributed by atoms with Gasteiger partial charge in [-0.05, 0) is 41.1 Å². The van der Waals surface area contributed by atoms with E-state index in [-0.39, 0.29) is 5.91 Å². The number of benzene rings is 2. The topological polar surface area (TPSA) is 50.7 Å². The molecule has 122 valence electrons. The average Bonchev–Trinajstić information content (AvgIpc) is 2.67. The van der Waals surface area contributed by atoms with E-state index >= 15 is 0 Å². The molecule has 0 saturated heterocycles. The van der Waals surface area contributed by atoms with Crippen LogP contribution in [0.15, 0.2) is 71.5 Å². The van der Waals surface area contributed by atoms with Crippen LogP contribution in [0, 0.1) is 0 Å². The molecule has 1 aliphatic carbocycles. The number of amides is 1. The third kappa shape index (κ3) is 4.24. The first-order valence-electron chi connectivity index (χ1n) is 7.72. The monoisotopic (exact) mass is 328 g/mol. The zero-order chi connectivity index (χ0) is 17.5. The van der Waals surface area contributed by atoms with Crippen LogP contribution in [-0.2, 0) is 4.79 Å². The summed E-state index contributed by atoms with van der Waals surface area (Å²) in [6.07, 6.45) is 6.53. The highest BCUT2D eigenvalue weighted by atomic mass is 16.5. The molecule has 0 saturated carbocycles. The number of methoxy groups -OCH3 is 1. The van der Waals surface area contributed by atoms with Gasteiger partial charge in [0.05, 0.1) is 13.3 Å². The van der Waals surface area contributed by atoms with Crippen LogP contribution in [0.4, 0.5) is 0 Å². The van der Waals surface area contributed by atoms with Gasteiger partial charge in [0.25, 0.3) is 5.91 Å². The highest BCUT2D eigenvalue weighted by Crippen LogP contribution is 2.12. The molecule has 0 heterocycles. The van der Waals surface area contributed by atoms with E-state index in [1.807, 2.05) is 48.5 Å². The standard InChI is InChI=1S/C21H16N2O2/c1-25-19-12-9-16(10-13-19)11-14-21(24)23-22-15-18-7-4-6-17-5-2-3-8-20(17)18/h2-3,5,7-15H,1H3,(H,23,24)/b14-11+,22-15-. The Kier molecular flexibility index (Phi) is 5.08. The van der Waals surface area contributed by atoms with Crippen LogP contribution < -0.4 is 20.6 Å². The third-order valence-electron chi connectivity index (χ3n) is 3.59. The lowest BCUT2D eigenvalue weighted by Gasteiger charge is -1.99. The van der Waals surface area contributed by atoms with Gasteiger partial charge in [-0.15, -0.1) is 0 Å². The van der Waals surface area contributed by atoms with E-state index in [2.05, 4.69) is 22.0 Å².